The van der Waals surface area contributed by atoms with Crippen LogP contribution in [0.4, 0.5) is 17.1 Å². The van der Waals surface area contributed by atoms with Gasteiger partial charge in [-0.1, -0.05) is 32.0 Å². The summed E-state index contributed by atoms with van der Waals surface area (Å²) in [4.78, 5) is 0. The van der Waals surface area contributed by atoms with Crippen molar-refractivity contribution in [3.63, 3.8) is 0 Å². The van der Waals surface area contributed by atoms with Crippen molar-refractivity contribution in [2.45, 2.75) is 32.6 Å². The molecule has 1 heterocycles. The maximum absolute atomic E-state index is 5.01. The molecule has 1 fully saturated rings. The molecule has 1 aromatic heterocycles. The van der Waals surface area contributed by atoms with Crippen molar-refractivity contribution in [1.29, 1.82) is 0 Å². The standard InChI is InChI=1S/C25H34N5/c1-7-25(2,16-11-12-16)15-22-18-9-8-10-19(24(18)29-30(22)6)23-20(27-4)13-17(26-3)14-21(23)28-5/h8-10,13-14,16,26-28H,1,7,11-12,15H2,2-6H3. The van der Waals surface area contributed by atoms with Crippen LogP contribution in [-0.2, 0) is 13.5 Å². The average Bonchev–Trinajstić information content (AvgIpc) is 3.58. The topological polar surface area (TPSA) is 53.9 Å². The van der Waals surface area contributed by atoms with Crippen molar-refractivity contribution in [2.24, 2.45) is 18.4 Å². The first-order valence-corrected chi connectivity index (χ1v) is 10.9. The van der Waals surface area contributed by atoms with E-state index in [0.717, 1.165) is 52.5 Å². The van der Waals surface area contributed by atoms with Crippen LogP contribution in [0.15, 0.2) is 30.3 Å². The van der Waals surface area contributed by atoms with Gasteiger partial charge in [0.25, 0.3) is 0 Å². The predicted octanol–water partition coefficient (Wildman–Crippen LogP) is 5.55. The zero-order chi connectivity index (χ0) is 21.5. The number of anilines is 3. The molecule has 2 aromatic carbocycles. The van der Waals surface area contributed by atoms with Crippen LogP contribution in [0.5, 0.6) is 0 Å². The van der Waals surface area contributed by atoms with Crippen LogP contribution in [0.25, 0.3) is 22.0 Å². The fourth-order valence-electron chi connectivity index (χ4n) is 4.75. The first-order valence-electron chi connectivity index (χ1n) is 10.9. The minimum absolute atomic E-state index is 0.247. The molecule has 5 nitrogen and oxygen atoms in total. The molecule has 3 N–H and O–H groups in total. The van der Waals surface area contributed by atoms with Crippen LogP contribution in [0.2, 0.25) is 0 Å². The highest BCUT2D eigenvalue weighted by molar-refractivity contribution is 6.03. The number of aryl methyl sites for hydroxylation is 1. The minimum Gasteiger partial charge on any atom is -0.388 e. The summed E-state index contributed by atoms with van der Waals surface area (Å²) in [5, 5.41) is 16.3. The van der Waals surface area contributed by atoms with Crippen LogP contribution in [0, 0.1) is 18.3 Å². The summed E-state index contributed by atoms with van der Waals surface area (Å²) in [6.07, 6.45) is 4.65. The lowest BCUT2D eigenvalue weighted by atomic mass is 9.77. The number of nitrogens with zero attached hydrogens (tertiary/aromatic N) is 2. The van der Waals surface area contributed by atoms with Crippen molar-refractivity contribution in [3.8, 4) is 11.1 Å². The number of rotatable bonds is 8. The summed E-state index contributed by atoms with van der Waals surface area (Å²) in [6, 6.07) is 10.8. The van der Waals surface area contributed by atoms with E-state index in [4.69, 9.17) is 5.10 Å². The molecule has 0 saturated heterocycles. The van der Waals surface area contributed by atoms with E-state index in [1.165, 1.54) is 23.9 Å². The van der Waals surface area contributed by atoms with Crippen molar-refractivity contribution >= 4 is 28.0 Å². The maximum Gasteiger partial charge on any atom is 0.101 e. The summed E-state index contributed by atoms with van der Waals surface area (Å²) in [7, 11) is 7.96. The molecule has 4 rings (SSSR count). The highest BCUT2D eigenvalue weighted by Crippen LogP contribution is 2.50. The van der Waals surface area contributed by atoms with E-state index < -0.39 is 0 Å². The van der Waals surface area contributed by atoms with Crippen molar-refractivity contribution in [2.75, 3.05) is 37.1 Å². The van der Waals surface area contributed by atoms with Gasteiger partial charge >= 0.3 is 0 Å². The number of nitrogens with one attached hydrogen (secondary N) is 3. The smallest absolute Gasteiger partial charge is 0.101 e. The van der Waals surface area contributed by atoms with Gasteiger partial charge in [-0.2, -0.15) is 5.10 Å². The fourth-order valence-corrected chi connectivity index (χ4v) is 4.75. The first-order chi connectivity index (χ1) is 14.5. The third kappa shape index (κ3) is 3.40. The molecule has 0 amide bonds. The van der Waals surface area contributed by atoms with Gasteiger partial charge in [0.05, 0.1) is 0 Å². The van der Waals surface area contributed by atoms with Crippen LogP contribution in [0.1, 0.15) is 31.9 Å². The second-order valence-electron chi connectivity index (χ2n) is 8.82. The molecule has 30 heavy (non-hydrogen) atoms. The monoisotopic (exact) mass is 404 g/mol. The third-order valence-corrected chi connectivity index (χ3v) is 6.93. The SMILES string of the molecule is [CH2]CC(C)(Cc1c2cccc(-c3c(NC)cc(NC)cc3NC)c2nn1C)C1CC1. The Labute approximate surface area is 180 Å². The van der Waals surface area contributed by atoms with Gasteiger partial charge in [-0.15, -0.1) is 0 Å². The molecule has 1 unspecified atom stereocenters. The Bertz CT molecular complexity index is 1040. The zero-order valence-electron chi connectivity index (χ0n) is 18.9. The zero-order valence-corrected chi connectivity index (χ0v) is 18.9. The van der Waals surface area contributed by atoms with Crippen molar-refractivity contribution in [3.05, 3.63) is 42.9 Å². The highest BCUT2D eigenvalue weighted by atomic mass is 15.3. The maximum atomic E-state index is 5.01. The van der Waals surface area contributed by atoms with Gasteiger partial charge in [-0.25, -0.2) is 0 Å². The van der Waals surface area contributed by atoms with Gasteiger partial charge in [0.15, 0.2) is 0 Å². The number of hydrogen-bond donors (Lipinski definition) is 3. The molecule has 159 valence electrons. The molecule has 1 aliphatic carbocycles. The molecule has 1 saturated carbocycles. The summed E-state index contributed by atoms with van der Waals surface area (Å²) in [5.41, 5.74) is 8.13. The molecular weight excluding hydrogens is 370 g/mol. The quantitative estimate of drug-likeness (QED) is 0.461. The number of fused-ring (bicyclic) bond motifs is 1. The predicted molar refractivity (Wildman–Crippen MR) is 129 cm³/mol. The van der Waals surface area contributed by atoms with Crippen LogP contribution >= 0.6 is 0 Å². The third-order valence-electron chi connectivity index (χ3n) is 6.93. The Morgan fingerprint density at radius 2 is 1.77 bits per heavy atom. The van der Waals surface area contributed by atoms with E-state index >= 15 is 0 Å². The Morgan fingerprint density at radius 1 is 1.10 bits per heavy atom. The van der Waals surface area contributed by atoms with Gasteiger partial charge < -0.3 is 16.0 Å². The molecule has 1 radical (unpaired) electrons. The Hall–Kier alpha value is -2.69. The Kier molecular flexibility index (Phi) is 5.39. The molecule has 0 aliphatic heterocycles. The van der Waals surface area contributed by atoms with Gasteiger partial charge in [-0.3, -0.25) is 4.68 Å². The molecule has 1 aliphatic rings. The van der Waals surface area contributed by atoms with Gasteiger partial charge in [0.2, 0.25) is 0 Å². The van der Waals surface area contributed by atoms with Gasteiger partial charge in [0, 0.05) is 67.5 Å². The second-order valence-corrected chi connectivity index (χ2v) is 8.82. The average molecular weight is 405 g/mol. The lowest BCUT2D eigenvalue weighted by molar-refractivity contribution is 0.267. The van der Waals surface area contributed by atoms with Crippen LogP contribution in [0.3, 0.4) is 0 Å². The minimum atomic E-state index is 0.247. The van der Waals surface area contributed by atoms with E-state index in [-0.39, 0.29) is 5.41 Å². The number of hydrogen-bond acceptors (Lipinski definition) is 4. The first kappa shape index (κ1) is 20.6. The number of benzene rings is 2. The molecule has 1 atom stereocenters. The van der Waals surface area contributed by atoms with Crippen molar-refractivity contribution in [1.82, 2.24) is 9.78 Å². The van der Waals surface area contributed by atoms with E-state index in [0.29, 0.717) is 0 Å². The second kappa shape index (κ2) is 7.86. The van der Waals surface area contributed by atoms with E-state index in [1.54, 1.807) is 0 Å². The van der Waals surface area contributed by atoms with E-state index in [1.807, 2.05) is 21.1 Å². The summed E-state index contributed by atoms with van der Waals surface area (Å²) >= 11 is 0. The summed E-state index contributed by atoms with van der Waals surface area (Å²) < 4.78 is 2.09. The molecule has 3 aromatic rings. The molecule has 0 bridgehead atoms. The van der Waals surface area contributed by atoms with E-state index in [2.05, 4.69) is 71.9 Å². The summed E-state index contributed by atoms with van der Waals surface area (Å²) in [5.74, 6) is 0.795. The fraction of sp³-hybridized carbons (Fsp3) is 0.440. The van der Waals surface area contributed by atoms with Gasteiger partial charge in [-0.05, 0) is 49.1 Å². The normalized spacial score (nSPS) is 15.8. The lowest BCUT2D eigenvalue weighted by Gasteiger charge is -2.28. The van der Waals surface area contributed by atoms with Crippen LogP contribution in [-0.4, -0.2) is 30.9 Å². The molecule has 5 heteroatoms. The van der Waals surface area contributed by atoms with Gasteiger partial charge in [0.1, 0.15) is 5.52 Å². The van der Waals surface area contributed by atoms with Crippen LogP contribution < -0.4 is 16.0 Å². The Balaban J connectivity index is 1.89. The highest BCUT2D eigenvalue weighted by Gasteiger charge is 2.41. The number of aromatic nitrogens is 2. The lowest BCUT2D eigenvalue weighted by Crippen LogP contribution is -2.23. The van der Waals surface area contributed by atoms with Crippen molar-refractivity contribution < 1.29 is 0 Å². The van der Waals surface area contributed by atoms with E-state index in [9.17, 15) is 0 Å². The largest absolute Gasteiger partial charge is 0.388 e. The Morgan fingerprint density at radius 3 is 2.30 bits per heavy atom. The molecule has 0 spiro atoms. The summed E-state index contributed by atoms with van der Waals surface area (Å²) in [6.45, 7) is 6.68. The molecular formula is C25H34N5.